The molecule has 9 nitrogen and oxygen atoms in total. The Hall–Kier alpha value is -4.41. The van der Waals surface area contributed by atoms with Crippen molar-refractivity contribution in [2.75, 3.05) is 32.8 Å². The number of pyridine rings is 1. The maximum Gasteiger partial charge on any atom is 0.425 e. The number of carbonyl (C=O) groups is 3. The van der Waals surface area contributed by atoms with E-state index in [1.807, 2.05) is 0 Å². The molecule has 1 aromatic carbocycles. The maximum absolute atomic E-state index is 16.8. The number of hydrogen-bond donors (Lipinski definition) is 0. The first kappa shape index (κ1) is 41.7. The summed E-state index contributed by atoms with van der Waals surface area (Å²) in [7, 11) is 0. The van der Waals surface area contributed by atoms with E-state index in [9.17, 15) is 40.7 Å². The average Bonchev–Trinajstić information content (AvgIpc) is 3.63. The summed E-state index contributed by atoms with van der Waals surface area (Å²) in [5.74, 6) is -2.17. The number of piperidine rings is 2. The lowest BCUT2D eigenvalue weighted by Crippen LogP contribution is -2.68. The van der Waals surface area contributed by atoms with Crippen molar-refractivity contribution in [3.8, 4) is 11.5 Å². The molecule has 2 aromatic heterocycles. The van der Waals surface area contributed by atoms with Crippen molar-refractivity contribution in [3.63, 3.8) is 0 Å². The minimum absolute atomic E-state index is 0.0527. The van der Waals surface area contributed by atoms with E-state index in [2.05, 4.69) is 4.98 Å². The van der Waals surface area contributed by atoms with Gasteiger partial charge in [-0.15, -0.1) is 11.3 Å². The zero-order valence-electron chi connectivity index (χ0n) is 30.3. The van der Waals surface area contributed by atoms with Crippen molar-refractivity contribution < 1.29 is 59.3 Å². The first-order valence-corrected chi connectivity index (χ1v) is 18.9. The quantitative estimate of drug-likeness (QED) is 0.0971. The molecule has 17 heteroatoms. The molecule has 4 heterocycles. The van der Waals surface area contributed by atoms with Crippen LogP contribution in [0.25, 0.3) is 0 Å². The molecular weight excluding hydrogens is 759 g/mol. The van der Waals surface area contributed by atoms with Gasteiger partial charge in [0.25, 0.3) is 11.8 Å². The molecule has 0 bridgehead atoms. The summed E-state index contributed by atoms with van der Waals surface area (Å²) in [6.07, 6.45) is -7.47. The lowest BCUT2D eigenvalue weighted by molar-refractivity contribution is -0.162. The summed E-state index contributed by atoms with van der Waals surface area (Å²) in [5, 5.41) is 1.09. The molecule has 0 saturated carbocycles. The van der Waals surface area contributed by atoms with Gasteiger partial charge in [-0.1, -0.05) is 31.5 Å². The van der Waals surface area contributed by atoms with Gasteiger partial charge in [0.15, 0.2) is 0 Å². The van der Waals surface area contributed by atoms with Crippen molar-refractivity contribution in [1.29, 1.82) is 0 Å². The number of hydrogen-bond acceptors (Lipinski definition) is 8. The Morgan fingerprint density at radius 2 is 1.71 bits per heavy atom. The number of esters is 1. The molecule has 3 aromatic rings. The van der Waals surface area contributed by atoms with Crippen LogP contribution in [-0.4, -0.2) is 77.1 Å². The molecule has 0 radical (unpaired) electrons. The molecule has 2 atom stereocenters. The summed E-state index contributed by atoms with van der Waals surface area (Å²) in [6, 6.07) is 6.72. The van der Waals surface area contributed by atoms with Crippen LogP contribution in [0.3, 0.4) is 0 Å². The Labute approximate surface area is 317 Å². The second kappa shape index (κ2) is 17.2. The van der Waals surface area contributed by atoms with E-state index in [0.29, 0.717) is 30.2 Å². The molecule has 2 aliphatic rings. The van der Waals surface area contributed by atoms with E-state index in [0.717, 1.165) is 28.7 Å². The Morgan fingerprint density at radius 1 is 0.982 bits per heavy atom. The van der Waals surface area contributed by atoms with Crippen LogP contribution in [0.2, 0.25) is 0 Å². The summed E-state index contributed by atoms with van der Waals surface area (Å²) in [6.45, 7) is 3.44. The predicted molar refractivity (Wildman–Crippen MR) is 187 cm³/mol. The number of para-hydroxylation sites is 1. The lowest BCUT2D eigenvalue weighted by atomic mass is 9.78. The van der Waals surface area contributed by atoms with Crippen molar-refractivity contribution in [2.45, 2.75) is 94.9 Å². The fraction of sp³-hybridized carbons (Fsp3) is 0.526. The molecule has 0 spiro atoms. The molecule has 2 amide bonds. The number of likely N-dealkylation sites (tertiary alicyclic amines) is 2. The Bertz CT molecular complexity index is 1810. The number of ether oxygens (including phenoxy) is 3. The summed E-state index contributed by atoms with van der Waals surface area (Å²) >= 11 is 0.350. The SMILES string of the molecule is CCC[C@H]1N(C(=O)c2cnccc2C(F)(F)F)CCC[C@@]1(Oc1csc(C(F)(F)F)c1)C(=O)N1CCC(F)(c2ccccc2OCCCC(=O)OCC)CC1. The average molecular weight is 802 g/mol. The van der Waals surface area contributed by atoms with E-state index < -0.39 is 57.5 Å². The van der Waals surface area contributed by atoms with Gasteiger partial charge in [-0.25, -0.2) is 4.39 Å². The summed E-state index contributed by atoms with van der Waals surface area (Å²) < 4.78 is 117. The molecule has 2 aliphatic heterocycles. The van der Waals surface area contributed by atoms with Crippen LogP contribution in [0.1, 0.15) is 91.6 Å². The number of halogens is 7. The van der Waals surface area contributed by atoms with Crippen molar-refractivity contribution in [2.24, 2.45) is 0 Å². The number of carbonyl (C=O) groups excluding carboxylic acids is 3. The van der Waals surface area contributed by atoms with Gasteiger partial charge in [0.05, 0.1) is 30.4 Å². The van der Waals surface area contributed by atoms with Gasteiger partial charge in [0, 0.05) is 74.7 Å². The topological polar surface area (TPSA) is 98.3 Å². The Morgan fingerprint density at radius 3 is 2.36 bits per heavy atom. The largest absolute Gasteiger partial charge is 0.493 e. The van der Waals surface area contributed by atoms with Crippen LogP contribution in [0.15, 0.2) is 54.2 Å². The lowest BCUT2D eigenvalue weighted by Gasteiger charge is -2.51. The standard InChI is InChI=1S/C38H42F7N3O6S/c1-3-9-30-36(54-25-22-31(55-24-25)38(43,44)45,14-8-18-48(30)33(50)26-23-46-17-13-27(26)37(40,41)42)34(51)47-19-15-35(39,16-20-47)28-10-5-6-11-29(28)53-21-7-12-32(49)52-4-2/h5-6,10-11,13,17,22-24,30H,3-4,7-9,12,14-16,18-21H2,1-2H3/t30-,36+/m1/s1. The van der Waals surface area contributed by atoms with Crippen molar-refractivity contribution in [1.82, 2.24) is 14.8 Å². The minimum atomic E-state index is -4.91. The molecule has 0 unspecified atom stereocenters. The maximum atomic E-state index is 16.8. The monoisotopic (exact) mass is 801 g/mol. The minimum Gasteiger partial charge on any atom is -0.493 e. The van der Waals surface area contributed by atoms with Gasteiger partial charge >= 0.3 is 18.3 Å². The predicted octanol–water partition coefficient (Wildman–Crippen LogP) is 8.61. The number of amides is 2. The second-order valence-electron chi connectivity index (χ2n) is 13.5. The highest BCUT2D eigenvalue weighted by atomic mass is 32.1. The molecule has 2 saturated heterocycles. The molecule has 55 heavy (non-hydrogen) atoms. The highest BCUT2D eigenvalue weighted by molar-refractivity contribution is 7.10. The fourth-order valence-corrected chi connectivity index (χ4v) is 7.97. The summed E-state index contributed by atoms with van der Waals surface area (Å²) in [5.41, 5.74) is -5.69. The zero-order chi connectivity index (χ0) is 40.0. The molecule has 2 fully saturated rings. The third-order valence-corrected chi connectivity index (χ3v) is 10.8. The van der Waals surface area contributed by atoms with Crippen molar-refractivity contribution >= 4 is 29.1 Å². The van der Waals surface area contributed by atoms with E-state index in [-0.39, 0.29) is 94.4 Å². The number of rotatable bonds is 13. The number of nitrogens with zero attached hydrogens (tertiary/aromatic N) is 3. The molecule has 0 N–H and O–H groups in total. The van der Waals surface area contributed by atoms with Gasteiger partial charge in [0.1, 0.15) is 22.0 Å². The van der Waals surface area contributed by atoms with E-state index in [4.69, 9.17) is 14.2 Å². The van der Waals surface area contributed by atoms with Gasteiger partial charge in [-0.2, -0.15) is 26.3 Å². The smallest absolute Gasteiger partial charge is 0.425 e. The zero-order valence-corrected chi connectivity index (χ0v) is 31.1. The number of thiophene rings is 1. The van der Waals surface area contributed by atoms with Gasteiger partial charge in [-0.05, 0) is 38.3 Å². The van der Waals surface area contributed by atoms with Crippen LogP contribution in [0.4, 0.5) is 30.7 Å². The van der Waals surface area contributed by atoms with Crippen molar-refractivity contribution in [3.05, 3.63) is 75.7 Å². The number of alkyl halides is 7. The molecule has 5 rings (SSSR count). The summed E-state index contributed by atoms with van der Waals surface area (Å²) in [4.78, 5) is 45.8. The normalized spacial score (nSPS) is 20.2. The Kier molecular flexibility index (Phi) is 13.0. The third kappa shape index (κ3) is 9.35. The molecule has 0 aliphatic carbocycles. The first-order valence-electron chi connectivity index (χ1n) is 18.1. The van der Waals surface area contributed by atoms with Crippen LogP contribution in [-0.2, 0) is 32.3 Å². The Balaban J connectivity index is 1.44. The fourth-order valence-electron chi connectivity index (χ4n) is 7.30. The van der Waals surface area contributed by atoms with Crippen LogP contribution >= 0.6 is 11.3 Å². The highest BCUT2D eigenvalue weighted by Gasteiger charge is 2.57. The second-order valence-corrected chi connectivity index (χ2v) is 14.4. The number of benzene rings is 1. The van der Waals surface area contributed by atoms with Gasteiger partial charge < -0.3 is 24.0 Å². The molecule has 300 valence electrons. The van der Waals surface area contributed by atoms with Gasteiger partial charge in [-0.3, -0.25) is 19.4 Å². The van der Waals surface area contributed by atoms with Gasteiger partial charge in [0.2, 0.25) is 5.60 Å². The van der Waals surface area contributed by atoms with Crippen LogP contribution in [0.5, 0.6) is 11.5 Å². The molecular formula is C38H42F7N3O6S. The van der Waals surface area contributed by atoms with Crippen LogP contribution in [0, 0.1) is 0 Å². The van der Waals surface area contributed by atoms with Crippen LogP contribution < -0.4 is 9.47 Å². The first-order chi connectivity index (χ1) is 26.0. The third-order valence-electron chi connectivity index (χ3n) is 9.86. The number of aromatic nitrogens is 1. The highest BCUT2D eigenvalue weighted by Crippen LogP contribution is 2.45. The van der Waals surface area contributed by atoms with E-state index in [1.165, 1.54) is 4.90 Å². The van der Waals surface area contributed by atoms with E-state index >= 15 is 4.39 Å². The van der Waals surface area contributed by atoms with E-state index in [1.54, 1.807) is 38.1 Å².